The van der Waals surface area contributed by atoms with Crippen LogP contribution in [-0.4, -0.2) is 44.3 Å². The minimum absolute atomic E-state index is 0.869. The van der Waals surface area contributed by atoms with Gasteiger partial charge in [-0.05, 0) is 37.2 Å². The largest absolute Gasteiger partial charge is 0.379 e. The average Bonchev–Trinajstić information content (AvgIpc) is 2.64. The first-order valence-corrected chi connectivity index (χ1v) is 8.37. The van der Waals surface area contributed by atoms with Gasteiger partial charge >= 0.3 is 0 Å². The van der Waals surface area contributed by atoms with Gasteiger partial charge in [0.25, 0.3) is 0 Å². The molecule has 2 aromatic carbocycles. The first kappa shape index (κ1) is 16.0. The predicted molar refractivity (Wildman–Crippen MR) is 94.9 cm³/mol. The van der Waals surface area contributed by atoms with Crippen molar-refractivity contribution in [1.82, 2.24) is 10.3 Å². The summed E-state index contributed by atoms with van der Waals surface area (Å²) in [6, 6.07) is 20.9. The van der Waals surface area contributed by atoms with Crippen LogP contribution >= 0.6 is 0 Å². The van der Waals surface area contributed by atoms with Gasteiger partial charge in [-0.2, -0.15) is 0 Å². The topological polar surface area (TPSA) is 27.7 Å². The third-order valence-corrected chi connectivity index (χ3v) is 4.05. The van der Waals surface area contributed by atoms with Gasteiger partial charge in [-0.3, -0.25) is 9.91 Å². The van der Waals surface area contributed by atoms with E-state index in [2.05, 4.69) is 63.9 Å². The van der Waals surface area contributed by atoms with Crippen molar-refractivity contribution in [3.63, 3.8) is 0 Å². The van der Waals surface area contributed by atoms with E-state index in [1.54, 1.807) is 0 Å². The number of hydrogen-bond donors (Lipinski definition) is 1. The molecule has 1 N–H and O–H groups in total. The minimum atomic E-state index is 0.869. The Morgan fingerprint density at radius 3 is 2.00 bits per heavy atom. The summed E-state index contributed by atoms with van der Waals surface area (Å²) in [6.07, 6.45) is 1.12. The van der Waals surface area contributed by atoms with Gasteiger partial charge in [-0.25, -0.2) is 5.43 Å². The minimum Gasteiger partial charge on any atom is -0.379 e. The number of morpholine rings is 1. The summed E-state index contributed by atoms with van der Waals surface area (Å²) in [5.41, 5.74) is 5.88. The Balaban J connectivity index is 1.56. The van der Waals surface area contributed by atoms with Gasteiger partial charge in [0, 0.05) is 19.6 Å². The fraction of sp³-hybridized carbons (Fsp3) is 0.368. The molecule has 4 nitrogen and oxygen atoms in total. The maximum Gasteiger partial charge on any atom is 0.0594 e. The molecule has 0 amide bonds. The summed E-state index contributed by atoms with van der Waals surface area (Å²) >= 11 is 0. The highest BCUT2D eigenvalue weighted by atomic mass is 16.5. The molecule has 2 aromatic rings. The molecule has 4 heteroatoms. The summed E-state index contributed by atoms with van der Waals surface area (Å²) in [5.74, 6) is 0. The maximum atomic E-state index is 5.39. The van der Waals surface area contributed by atoms with E-state index in [1.807, 2.05) is 12.1 Å². The molecule has 1 fully saturated rings. The van der Waals surface area contributed by atoms with Crippen molar-refractivity contribution in [3.8, 4) is 0 Å². The Morgan fingerprint density at radius 1 is 0.870 bits per heavy atom. The highest BCUT2D eigenvalue weighted by Gasteiger charge is 2.11. The van der Waals surface area contributed by atoms with Crippen LogP contribution in [0.15, 0.2) is 60.7 Å². The monoisotopic (exact) mass is 311 g/mol. The van der Waals surface area contributed by atoms with E-state index in [-0.39, 0.29) is 0 Å². The molecule has 1 aliphatic heterocycles. The number of benzene rings is 2. The lowest BCUT2D eigenvalue weighted by Crippen LogP contribution is -2.39. The van der Waals surface area contributed by atoms with Gasteiger partial charge in [0.05, 0.1) is 24.6 Å². The van der Waals surface area contributed by atoms with Gasteiger partial charge in [0.2, 0.25) is 0 Å². The molecular formula is C19H25N3O. The van der Waals surface area contributed by atoms with E-state index in [0.29, 0.717) is 0 Å². The van der Waals surface area contributed by atoms with Crippen LogP contribution in [0.25, 0.3) is 0 Å². The van der Waals surface area contributed by atoms with Crippen molar-refractivity contribution >= 4 is 11.4 Å². The molecular weight excluding hydrogens is 286 g/mol. The van der Waals surface area contributed by atoms with Crippen molar-refractivity contribution < 1.29 is 4.74 Å². The molecule has 0 atom stereocenters. The summed E-state index contributed by atoms with van der Waals surface area (Å²) in [6.45, 7) is 5.91. The molecule has 0 saturated carbocycles. The zero-order valence-corrected chi connectivity index (χ0v) is 13.5. The molecule has 0 spiro atoms. The van der Waals surface area contributed by atoms with Crippen LogP contribution in [0, 0.1) is 0 Å². The lowest BCUT2D eigenvalue weighted by molar-refractivity contribution is 0.0374. The molecule has 0 radical (unpaired) electrons. The van der Waals surface area contributed by atoms with Crippen molar-refractivity contribution in [2.45, 2.75) is 6.42 Å². The Labute approximate surface area is 138 Å². The molecule has 23 heavy (non-hydrogen) atoms. The second-order valence-corrected chi connectivity index (χ2v) is 5.72. The third kappa shape index (κ3) is 4.79. The van der Waals surface area contributed by atoms with Crippen LogP contribution in [0.5, 0.6) is 0 Å². The molecule has 0 bridgehead atoms. The van der Waals surface area contributed by atoms with Crippen LogP contribution < -0.4 is 10.4 Å². The van der Waals surface area contributed by atoms with Gasteiger partial charge < -0.3 is 4.74 Å². The zero-order valence-electron chi connectivity index (χ0n) is 13.5. The van der Waals surface area contributed by atoms with Gasteiger partial charge in [0.15, 0.2) is 0 Å². The first-order valence-electron chi connectivity index (χ1n) is 8.37. The summed E-state index contributed by atoms with van der Waals surface area (Å²) in [7, 11) is 0. The van der Waals surface area contributed by atoms with Crippen molar-refractivity contribution in [1.29, 1.82) is 0 Å². The molecule has 0 aliphatic carbocycles. The zero-order chi connectivity index (χ0) is 15.7. The number of anilines is 2. The number of hydrogen-bond acceptors (Lipinski definition) is 4. The summed E-state index contributed by atoms with van der Waals surface area (Å²) in [5, 5.41) is 2.17. The van der Waals surface area contributed by atoms with E-state index >= 15 is 0 Å². The predicted octanol–water partition coefficient (Wildman–Crippen LogP) is 3.05. The number of nitrogens with zero attached hydrogens (tertiary/aromatic N) is 2. The molecule has 0 aromatic heterocycles. The second kappa shape index (κ2) is 8.67. The van der Waals surface area contributed by atoms with Crippen LogP contribution in [0.3, 0.4) is 0 Å². The average molecular weight is 311 g/mol. The number of para-hydroxylation sites is 2. The van der Waals surface area contributed by atoms with Crippen molar-refractivity contribution in [2.75, 3.05) is 44.4 Å². The Hall–Kier alpha value is -1.88. The molecule has 1 saturated heterocycles. The molecule has 0 unspecified atom stereocenters. The van der Waals surface area contributed by atoms with Gasteiger partial charge in [-0.15, -0.1) is 0 Å². The number of nitrogens with one attached hydrogen (secondary N) is 1. The fourth-order valence-electron chi connectivity index (χ4n) is 2.80. The van der Waals surface area contributed by atoms with Gasteiger partial charge in [0.1, 0.15) is 0 Å². The maximum absolute atomic E-state index is 5.39. The highest BCUT2D eigenvalue weighted by Crippen LogP contribution is 2.22. The van der Waals surface area contributed by atoms with E-state index in [0.717, 1.165) is 57.2 Å². The van der Waals surface area contributed by atoms with Crippen LogP contribution in [0.4, 0.5) is 11.4 Å². The number of rotatable bonds is 7. The highest BCUT2D eigenvalue weighted by molar-refractivity contribution is 5.61. The van der Waals surface area contributed by atoms with Gasteiger partial charge in [-0.1, -0.05) is 36.4 Å². The number of ether oxygens (including phenoxy) is 1. The lowest BCUT2D eigenvalue weighted by Gasteiger charge is -2.28. The van der Waals surface area contributed by atoms with E-state index in [1.165, 1.54) is 0 Å². The standard InChI is InChI=1S/C19H25N3O/c1-3-8-18(9-4-1)22(19-10-5-2-6-11-19)20-12-7-13-21-14-16-23-17-15-21/h1-6,8-11,20H,7,12-17H2. The number of hydrazine groups is 1. The first-order chi connectivity index (χ1) is 11.4. The summed E-state index contributed by atoms with van der Waals surface area (Å²) < 4.78 is 5.39. The second-order valence-electron chi connectivity index (χ2n) is 5.72. The quantitative estimate of drug-likeness (QED) is 0.628. The van der Waals surface area contributed by atoms with Crippen LogP contribution in [-0.2, 0) is 4.74 Å². The molecule has 1 aliphatic rings. The Bertz CT molecular complexity index is 516. The smallest absolute Gasteiger partial charge is 0.0594 e. The fourth-order valence-corrected chi connectivity index (χ4v) is 2.80. The van der Waals surface area contributed by atoms with Crippen molar-refractivity contribution in [2.24, 2.45) is 0 Å². The van der Waals surface area contributed by atoms with E-state index in [4.69, 9.17) is 4.74 Å². The van der Waals surface area contributed by atoms with Crippen molar-refractivity contribution in [3.05, 3.63) is 60.7 Å². The molecule has 3 rings (SSSR count). The lowest BCUT2D eigenvalue weighted by atomic mass is 10.2. The van der Waals surface area contributed by atoms with E-state index in [9.17, 15) is 0 Å². The molecule has 1 heterocycles. The SMILES string of the molecule is c1ccc(N(NCCCN2CCOCC2)c2ccccc2)cc1. The Morgan fingerprint density at radius 2 is 1.43 bits per heavy atom. The van der Waals surface area contributed by atoms with E-state index < -0.39 is 0 Å². The third-order valence-electron chi connectivity index (χ3n) is 4.05. The van der Waals surface area contributed by atoms with Crippen LogP contribution in [0.1, 0.15) is 6.42 Å². The molecule has 122 valence electrons. The summed E-state index contributed by atoms with van der Waals surface area (Å²) in [4.78, 5) is 2.47. The Kier molecular flexibility index (Phi) is 6.03. The van der Waals surface area contributed by atoms with Crippen LogP contribution in [0.2, 0.25) is 0 Å². The normalized spacial score (nSPS) is 15.5.